The van der Waals surface area contributed by atoms with Crippen LogP contribution in [0.25, 0.3) is 11.4 Å². The molecule has 3 rings (SSSR count). The van der Waals surface area contributed by atoms with Gasteiger partial charge in [-0.2, -0.15) is 10.2 Å². The van der Waals surface area contributed by atoms with Crippen molar-refractivity contribution in [2.75, 3.05) is 5.43 Å². The number of nitrogens with one attached hydrogen (secondary N) is 1. The lowest BCUT2D eigenvalue weighted by Gasteiger charge is -2.04. The molecule has 5 heteroatoms. The lowest BCUT2D eigenvalue weighted by molar-refractivity contribution is 0.970. The zero-order chi connectivity index (χ0) is 16.1. The van der Waals surface area contributed by atoms with Gasteiger partial charge in [-0.1, -0.05) is 48.0 Å². The summed E-state index contributed by atoms with van der Waals surface area (Å²) in [5.41, 5.74) is 7.54. The van der Waals surface area contributed by atoms with Crippen molar-refractivity contribution in [3.8, 4) is 11.4 Å². The number of hydrogen-bond donors (Lipinski definition) is 1. The topological polar surface area (TPSA) is 63.1 Å². The van der Waals surface area contributed by atoms with Crippen molar-refractivity contribution >= 4 is 11.4 Å². The maximum Gasteiger partial charge on any atom is 0.182 e. The van der Waals surface area contributed by atoms with Crippen molar-refractivity contribution in [1.82, 2.24) is 15.2 Å². The number of hydrogen-bond acceptors (Lipinski definition) is 5. The maximum absolute atomic E-state index is 4.52. The van der Waals surface area contributed by atoms with Crippen molar-refractivity contribution in [2.24, 2.45) is 5.10 Å². The number of rotatable bonds is 4. The van der Waals surface area contributed by atoms with E-state index in [0.717, 1.165) is 17.0 Å². The van der Waals surface area contributed by atoms with Crippen LogP contribution in [0.4, 0.5) is 5.69 Å². The fourth-order valence-electron chi connectivity index (χ4n) is 2.02. The molecule has 5 nitrogen and oxygen atoms in total. The fourth-order valence-corrected chi connectivity index (χ4v) is 2.02. The molecule has 0 amide bonds. The first-order valence-corrected chi connectivity index (χ1v) is 7.35. The summed E-state index contributed by atoms with van der Waals surface area (Å²) in [5, 5.41) is 12.5. The Morgan fingerprint density at radius 2 is 1.74 bits per heavy atom. The second-order valence-corrected chi connectivity index (χ2v) is 5.21. The standard InChI is InChI=1S/C18H17N5/c1-13-8-10-16(11-9-13)22-21-14(2)17-12-19-23-18(20-17)15-6-4-3-5-7-15/h3-12,22H,1-2H3/b21-14-. The monoisotopic (exact) mass is 303 g/mol. The first kappa shape index (κ1) is 14.8. The number of hydrazone groups is 1. The number of aryl methyl sites for hydroxylation is 1. The maximum atomic E-state index is 4.52. The molecule has 1 N–H and O–H groups in total. The minimum absolute atomic E-state index is 0.591. The van der Waals surface area contributed by atoms with Crippen LogP contribution in [-0.2, 0) is 0 Å². The van der Waals surface area contributed by atoms with Crippen LogP contribution in [0.3, 0.4) is 0 Å². The van der Waals surface area contributed by atoms with Gasteiger partial charge in [0.25, 0.3) is 0 Å². The number of benzene rings is 2. The summed E-state index contributed by atoms with van der Waals surface area (Å²) in [6.07, 6.45) is 1.61. The van der Waals surface area contributed by atoms with Crippen LogP contribution in [0.1, 0.15) is 18.2 Å². The van der Waals surface area contributed by atoms with E-state index < -0.39 is 0 Å². The highest BCUT2D eigenvalue weighted by molar-refractivity contribution is 5.97. The Balaban J connectivity index is 1.80. The highest BCUT2D eigenvalue weighted by Crippen LogP contribution is 2.13. The molecular formula is C18H17N5. The number of anilines is 1. The summed E-state index contributed by atoms with van der Waals surface area (Å²) in [4.78, 5) is 4.52. The first-order valence-electron chi connectivity index (χ1n) is 7.35. The molecule has 0 spiro atoms. The molecule has 114 valence electrons. The van der Waals surface area contributed by atoms with Gasteiger partial charge < -0.3 is 0 Å². The van der Waals surface area contributed by atoms with Crippen molar-refractivity contribution < 1.29 is 0 Å². The Morgan fingerprint density at radius 3 is 2.48 bits per heavy atom. The van der Waals surface area contributed by atoms with Crippen molar-refractivity contribution in [1.29, 1.82) is 0 Å². The van der Waals surface area contributed by atoms with Crippen molar-refractivity contribution in [3.63, 3.8) is 0 Å². The van der Waals surface area contributed by atoms with Crippen LogP contribution in [0.2, 0.25) is 0 Å². The Hall–Kier alpha value is -3.08. The van der Waals surface area contributed by atoms with E-state index in [1.165, 1.54) is 5.56 Å². The van der Waals surface area contributed by atoms with Gasteiger partial charge in [-0.15, -0.1) is 5.10 Å². The molecule has 0 unspecified atom stereocenters. The molecule has 1 aromatic heterocycles. The second kappa shape index (κ2) is 6.79. The molecule has 2 aromatic carbocycles. The largest absolute Gasteiger partial charge is 0.278 e. The lowest BCUT2D eigenvalue weighted by atomic mass is 10.2. The van der Waals surface area contributed by atoms with Gasteiger partial charge in [0.05, 0.1) is 17.6 Å². The predicted octanol–water partition coefficient (Wildman–Crippen LogP) is 3.68. The van der Waals surface area contributed by atoms with Gasteiger partial charge in [-0.3, -0.25) is 5.43 Å². The van der Waals surface area contributed by atoms with Crippen LogP contribution in [-0.4, -0.2) is 20.9 Å². The van der Waals surface area contributed by atoms with E-state index in [-0.39, 0.29) is 0 Å². The van der Waals surface area contributed by atoms with Gasteiger partial charge in [0.2, 0.25) is 0 Å². The van der Waals surface area contributed by atoms with Crippen LogP contribution in [0.5, 0.6) is 0 Å². The third-order valence-electron chi connectivity index (χ3n) is 3.37. The second-order valence-electron chi connectivity index (χ2n) is 5.21. The number of nitrogens with zero attached hydrogens (tertiary/aromatic N) is 4. The molecule has 1 heterocycles. The molecular weight excluding hydrogens is 286 g/mol. The minimum atomic E-state index is 0.591. The van der Waals surface area contributed by atoms with Gasteiger partial charge in [0, 0.05) is 5.56 Å². The summed E-state index contributed by atoms with van der Waals surface area (Å²) >= 11 is 0. The molecule has 0 aliphatic rings. The zero-order valence-electron chi connectivity index (χ0n) is 13.1. The van der Waals surface area contributed by atoms with Crippen LogP contribution >= 0.6 is 0 Å². The summed E-state index contributed by atoms with van der Waals surface area (Å²) in [6, 6.07) is 17.8. The first-order chi connectivity index (χ1) is 11.2. The van der Waals surface area contributed by atoms with Gasteiger partial charge >= 0.3 is 0 Å². The third-order valence-corrected chi connectivity index (χ3v) is 3.37. The van der Waals surface area contributed by atoms with E-state index in [4.69, 9.17) is 0 Å². The van der Waals surface area contributed by atoms with Crippen LogP contribution < -0.4 is 5.43 Å². The zero-order valence-corrected chi connectivity index (χ0v) is 13.1. The molecule has 0 radical (unpaired) electrons. The average molecular weight is 303 g/mol. The lowest BCUT2D eigenvalue weighted by Crippen LogP contribution is -2.05. The van der Waals surface area contributed by atoms with Crippen molar-refractivity contribution in [3.05, 3.63) is 72.1 Å². The highest BCUT2D eigenvalue weighted by Gasteiger charge is 2.05. The van der Waals surface area contributed by atoms with E-state index in [0.29, 0.717) is 11.5 Å². The van der Waals surface area contributed by atoms with Gasteiger partial charge in [-0.25, -0.2) is 4.98 Å². The summed E-state index contributed by atoms with van der Waals surface area (Å²) in [7, 11) is 0. The van der Waals surface area contributed by atoms with E-state index in [9.17, 15) is 0 Å². The molecule has 3 aromatic rings. The SMILES string of the molecule is C/C(=N/Nc1ccc(C)cc1)c1cnnc(-c2ccccc2)n1. The summed E-state index contributed by atoms with van der Waals surface area (Å²) in [6.45, 7) is 3.94. The minimum Gasteiger partial charge on any atom is -0.278 e. The molecule has 0 fully saturated rings. The average Bonchev–Trinajstić information content (AvgIpc) is 2.62. The smallest absolute Gasteiger partial charge is 0.182 e. The molecule has 23 heavy (non-hydrogen) atoms. The van der Waals surface area contributed by atoms with Crippen molar-refractivity contribution in [2.45, 2.75) is 13.8 Å². The molecule has 0 saturated carbocycles. The third kappa shape index (κ3) is 3.77. The van der Waals surface area contributed by atoms with Gasteiger partial charge in [0.15, 0.2) is 5.82 Å². The normalized spacial score (nSPS) is 11.3. The fraction of sp³-hybridized carbons (Fsp3) is 0.111. The van der Waals surface area contributed by atoms with Gasteiger partial charge in [-0.05, 0) is 26.0 Å². The highest BCUT2D eigenvalue weighted by atomic mass is 15.3. The van der Waals surface area contributed by atoms with Crippen LogP contribution in [0.15, 0.2) is 65.9 Å². The molecule has 0 aliphatic carbocycles. The summed E-state index contributed by atoms with van der Waals surface area (Å²) < 4.78 is 0. The van der Waals surface area contributed by atoms with E-state index in [1.54, 1.807) is 6.20 Å². The quantitative estimate of drug-likeness (QED) is 0.590. The van der Waals surface area contributed by atoms with E-state index in [2.05, 4.69) is 32.6 Å². The van der Waals surface area contributed by atoms with E-state index in [1.807, 2.05) is 61.5 Å². The number of aromatic nitrogens is 3. The van der Waals surface area contributed by atoms with E-state index >= 15 is 0 Å². The molecule has 0 atom stereocenters. The Bertz CT molecular complexity index is 810. The Morgan fingerprint density at radius 1 is 1.00 bits per heavy atom. The molecule has 0 saturated heterocycles. The Labute approximate surface area is 135 Å². The molecule has 0 aliphatic heterocycles. The van der Waals surface area contributed by atoms with Crippen LogP contribution in [0, 0.1) is 6.92 Å². The van der Waals surface area contributed by atoms with Gasteiger partial charge in [0.1, 0.15) is 5.69 Å². The summed E-state index contributed by atoms with van der Waals surface area (Å²) in [5.74, 6) is 0.591. The predicted molar refractivity (Wildman–Crippen MR) is 92.3 cm³/mol. The Kier molecular flexibility index (Phi) is 4.38. The molecule has 0 bridgehead atoms.